The van der Waals surface area contributed by atoms with Gasteiger partial charge in [-0.25, -0.2) is 4.68 Å². The molecule has 0 amide bonds. The highest BCUT2D eigenvalue weighted by atomic mass is 15.4. The Hall–Kier alpha value is -2.48. The average Bonchev–Trinajstić information content (AvgIpc) is 2.74. The lowest BCUT2D eigenvalue weighted by molar-refractivity contribution is 0.531. The van der Waals surface area contributed by atoms with Gasteiger partial charge < -0.3 is 10.6 Å². The quantitative estimate of drug-likeness (QED) is 0.929. The summed E-state index contributed by atoms with van der Waals surface area (Å²) in [4.78, 5) is 1.92. The Morgan fingerprint density at radius 3 is 2.60 bits per heavy atom. The summed E-state index contributed by atoms with van der Waals surface area (Å²) < 4.78 is 1.89. The molecular formula is C15H19N5. The maximum absolute atomic E-state index is 9.24. The van der Waals surface area contributed by atoms with Crippen molar-refractivity contribution in [3.05, 3.63) is 35.5 Å². The third-order valence-electron chi connectivity index (χ3n) is 3.30. The van der Waals surface area contributed by atoms with Crippen LogP contribution in [-0.4, -0.2) is 16.8 Å². The molecule has 0 atom stereocenters. The fourth-order valence-corrected chi connectivity index (χ4v) is 2.22. The van der Waals surface area contributed by atoms with E-state index in [1.54, 1.807) is 6.07 Å². The number of hydrogen-bond donors (Lipinski definition) is 1. The molecule has 1 heterocycles. The SMILES string of the molecule is Cc1nn(C(C)C)c(N(C)c2ccccc2C#N)c1N. The molecule has 1 aromatic heterocycles. The van der Waals surface area contributed by atoms with Gasteiger partial charge in [0, 0.05) is 13.1 Å². The number of nitrogens with two attached hydrogens (primary N) is 1. The molecular weight excluding hydrogens is 250 g/mol. The number of nitrogens with zero attached hydrogens (tertiary/aromatic N) is 4. The normalized spacial score (nSPS) is 10.6. The zero-order valence-corrected chi connectivity index (χ0v) is 12.3. The molecule has 20 heavy (non-hydrogen) atoms. The molecule has 5 heteroatoms. The highest BCUT2D eigenvalue weighted by molar-refractivity contribution is 5.75. The van der Waals surface area contributed by atoms with Crippen LogP contribution in [0.2, 0.25) is 0 Å². The van der Waals surface area contributed by atoms with Crippen LogP contribution < -0.4 is 10.6 Å². The second-order valence-electron chi connectivity index (χ2n) is 5.05. The predicted octanol–water partition coefficient (Wildman–Crippen LogP) is 2.99. The summed E-state index contributed by atoms with van der Waals surface area (Å²) in [5.74, 6) is 0.820. The van der Waals surface area contributed by atoms with Crippen LogP contribution in [0, 0.1) is 18.3 Å². The maximum atomic E-state index is 9.24. The third kappa shape index (κ3) is 2.21. The van der Waals surface area contributed by atoms with Crippen LogP contribution in [0.1, 0.15) is 31.1 Å². The second kappa shape index (κ2) is 5.25. The maximum Gasteiger partial charge on any atom is 0.155 e. The van der Waals surface area contributed by atoms with Crippen LogP contribution in [0.25, 0.3) is 0 Å². The Balaban J connectivity index is 2.59. The molecule has 2 aromatic rings. The summed E-state index contributed by atoms with van der Waals surface area (Å²) in [6.07, 6.45) is 0. The standard InChI is InChI=1S/C15H19N5/c1-10(2)20-15(14(17)11(3)18-20)19(4)13-8-6-5-7-12(13)9-16/h5-8,10H,17H2,1-4H3. The average molecular weight is 269 g/mol. The van der Waals surface area contributed by atoms with E-state index in [-0.39, 0.29) is 6.04 Å². The van der Waals surface area contributed by atoms with E-state index in [2.05, 4.69) is 25.0 Å². The van der Waals surface area contributed by atoms with E-state index in [1.165, 1.54) is 0 Å². The zero-order valence-electron chi connectivity index (χ0n) is 12.3. The van der Waals surface area contributed by atoms with E-state index in [0.717, 1.165) is 17.2 Å². The summed E-state index contributed by atoms with van der Waals surface area (Å²) in [5.41, 5.74) is 9.05. The third-order valence-corrected chi connectivity index (χ3v) is 3.30. The smallest absolute Gasteiger partial charge is 0.155 e. The van der Waals surface area contributed by atoms with Crippen LogP contribution in [-0.2, 0) is 0 Å². The fraction of sp³-hybridized carbons (Fsp3) is 0.333. The van der Waals surface area contributed by atoms with Crippen molar-refractivity contribution in [1.82, 2.24) is 9.78 Å². The number of aryl methyl sites for hydroxylation is 1. The van der Waals surface area contributed by atoms with Gasteiger partial charge in [-0.1, -0.05) is 12.1 Å². The summed E-state index contributed by atoms with van der Waals surface area (Å²) in [7, 11) is 1.90. The number of nitrogen functional groups attached to an aromatic ring is 1. The highest BCUT2D eigenvalue weighted by Crippen LogP contribution is 2.34. The van der Waals surface area contributed by atoms with Crippen LogP contribution in [0.15, 0.2) is 24.3 Å². The monoisotopic (exact) mass is 269 g/mol. The van der Waals surface area contributed by atoms with Crippen LogP contribution in [0.3, 0.4) is 0 Å². The number of rotatable bonds is 3. The Bertz CT molecular complexity index is 663. The van der Waals surface area contributed by atoms with Gasteiger partial charge in [0.2, 0.25) is 0 Å². The Kier molecular flexibility index (Phi) is 3.66. The number of aromatic nitrogens is 2. The van der Waals surface area contributed by atoms with Crippen LogP contribution >= 0.6 is 0 Å². The molecule has 1 aromatic carbocycles. The first-order valence-electron chi connectivity index (χ1n) is 6.54. The Morgan fingerprint density at radius 1 is 1.35 bits per heavy atom. The van der Waals surface area contributed by atoms with Crippen molar-refractivity contribution in [3.63, 3.8) is 0 Å². The topological polar surface area (TPSA) is 70.9 Å². The summed E-state index contributed by atoms with van der Waals surface area (Å²) >= 11 is 0. The lowest BCUT2D eigenvalue weighted by Gasteiger charge is -2.23. The number of benzene rings is 1. The lowest BCUT2D eigenvalue weighted by atomic mass is 10.2. The molecule has 0 saturated carbocycles. The first-order valence-corrected chi connectivity index (χ1v) is 6.54. The van der Waals surface area contributed by atoms with Gasteiger partial charge in [-0.2, -0.15) is 10.4 Å². The molecule has 104 valence electrons. The van der Waals surface area contributed by atoms with Crippen molar-refractivity contribution < 1.29 is 0 Å². The van der Waals surface area contributed by atoms with Gasteiger partial charge in [0.25, 0.3) is 0 Å². The first-order chi connectivity index (χ1) is 9.47. The van der Waals surface area contributed by atoms with E-state index in [4.69, 9.17) is 5.73 Å². The molecule has 2 N–H and O–H groups in total. The fourth-order valence-electron chi connectivity index (χ4n) is 2.22. The molecule has 0 bridgehead atoms. The van der Waals surface area contributed by atoms with E-state index >= 15 is 0 Å². The molecule has 0 saturated heterocycles. The number of hydrogen-bond acceptors (Lipinski definition) is 4. The van der Waals surface area contributed by atoms with Gasteiger partial charge in [0.15, 0.2) is 5.82 Å². The number of para-hydroxylation sites is 1. The summed E-state index contributed by atoms with van der Waals surface area (Å²) in [6, 6.07) is 9.87. The van der Waals surface area contributed by atoms with Gasteiger partial charge in [0.05, 0.1) is 22.6 Å². The highest BCUT2D eigenvalue weighted by Gasteiger charge is 2.20. The molecule has 2 rings (SSSR count). The zero-order chi connectivity index (χ0) is 14.9. The molecule has 5 nitrogen and oxygen atoms in total. The van der Waals surface area contributed by atoms with E-state index in [1.807, 2.05) is 41.8 Å². The van der Waals surface area contributed by atoms with Crippen molar-refractivity contribution in [2.75, 3.05) is 17.7 Å². The molecule has 0 aliphatic heterocycles. The van der Waals surface area contributed by atoms with Crippen LogP contribution in [0.4, 0.5) is 17.2 Å². The van der Waals surface area contributed by atoms with E-state index in [9.17, 15) is 5.26 Å². The van der Waals surface area contributed by atoms with Gasteiger partial charge in [-0.3, -0.25) is 0 Å². The van der Waals surface area contributed by atoms with Gasteiger partial charge in [-0.15, -0.1) is 0 Å². The minimum atomic E-state index is 0.192. The van der Waals surface area contributed by atoms with E-state index in [0.29, 0.717) is 11.3 Å². The van der Waals surface area contributed by atoms with Crippen molar-refractivity contribution in [1.29, 1.82) is 5.26 Å². The van der Waals surface area contributed by atoms with Gasteiger partial charge in [0.1, 0.15) is 6.07 Å². The van der Waals surface area contributed by atoms with Crippen molar-refractivity contribution >= 4 is 17.2 Å². The second-order valence-corrected chi connectivity index (χ2v) is 5.05. The minimum absolute atomic E-state index is 0.192. The minimum Gasteiger partial charge on any atom is -0.394 e. The summed E-state index contributed by atoms with van der Waals surface area (Å²) in [5, 5.41) is 13.7. The van der Waals surface area contributed by atoms with Crippen LogP contribution in [0.5, 0.6) is 0 Å². The number of anilines is 3. The van der Waals surface area contributed by atoms with Crippen molar-refractivity contribution in [2.45, 2.75) is 26.8 Å². The molecule has 0 aliphatic carbocycles. The van der Waals surface area contributed by atoms with Crippen molar-refractivity contribution in [3.8, 4) is 6.07 Å². The molecule has 0 fully saturated rings. The van der Waals surface area contributed by atoms with Gasteiger partial charge >= 0.3 is 0 Å². The Morgan fingerprint density at radius 2 is 2.00 bits per heavy atom. The predicted molar refractivity (Wildman–Crippen MR) is 81.0 cm³/mol. The summed E-state index contributed by atoms with van der Waals surface area (Å²) in [6.45, 7) is 6.00. The lowest BCUT2D eigenvalue weighted by Crippen LogP contribution is -2.18. The molecule has 0 radical (unpaired) electrons. The number of nitriles is 1. The molecule has 0 aliphatic rings. The molecule has 0 unspecified atom stereocenters. The van der Waals surface area contributed by atoms with E-state index < -0.39 is 0 Å². The largest absolute Gasteiger partial charge is 0.394 e. The van der Waals surface area contributed by atoms with Gasteiger partial charge in [-0.05, 0) is 32.9 Å². The Labute approximate surface area is 119 Å². The first kappa shape index (κ1) is 13.9. The molecule has 0 spiro atoms. The van der Waals surface area contributed by atoms with Crippen molar-refractivity contribution in [2.24, 2.45) is 0 Å².